The summed E-state index contributed by atoms with van der Waals surface area (Å²) in [6.45, 7) is 2.49. The molecule has 0 unspecified atom stereocenters. The van der Waals surface area contributed by atoms with Crippen LogP contribution < -0.4 is 15.5 Å². The largest absolute Gasteiger partial charge is 0.494 e. The molecule has 7 heteroatoms. The normalized spacial score (nSPS) is 10.5. The van der Waals surface area contributed by atoms with Crippen molar-refractivity contribution >= 4 is 39.6 Å². The van der Waals surface area contributed by atoms with E-state index in [1.165, 1.54) is 0 Å². The van der Waals surface area contributed by atoms with Gasteiger partial charge in [0.15, 0.2) is 0 Å². The molecular formula is C19H20BrN3O3. The van der Waals surface area contributed by atoms with Gasteiger partial charge in [0.2, 0.25) is 11.8 Å². The van der Waals surface area contributed by atoms with Gasteiger partial charge in [0.05, 0.1) is 12.8 Å². The number of halogens is 1. The van der Waals surface area contributed by atoms with Gasteiger partial charge in [-0.3, -0.25) is 9.59 Å². The molecule has 136 valence electrons. The summed E-state index contributed by atoms with van der Waals surface area (Å²) in [5, 5.41) is 6.62. The summed E-state index contributed by atoms with van der Waals surface area (Å²) in [7, 11) is 0. The van der Waals surface area contributed by atoms with Crippen LogP contribution in [0.5, 0.6) is 5.75 Å². The molecule has 0 fully saturated rings. The summed E-state index contributed by atoms with van der Waals surface area (Å²) < 4.78 is 6.27. The van der Waals surface area contributed by atoms with Crippen molar-refractivity contribution < 1.29 is 14.3 Å². The molecule has 0 spiro atoms. The lowest BCUT2D eigenvalue weighted by Crippen LogP contribution is -2.20. The highest BCUT2D eigenvalue weighted by molar-refractivity contribution is 9.10. The second-order valence-electron chi connectivity index (χ2n) is 5.35. The second-order valence-corrected chi connectivity index (χ2v) is 6.27. The molecule has 2 N–H and O–H groups in total. The van der Waals surface area contributed by atoms with Crippen molar-refractivity contribution in [1.29, 1.82) is 0 Å². The van der Waals surface area contributed by atoms with Crippen molar-refractivity contribution in [3.8, 4) is 5.75 Å². The van der Waals surface area contributed by atoms with Crippen molar-refractivity contribution in [3.63, 3.8) is 0 Å². The number of hydrogen-bond donors (Lipinski definition) is 2. The van der Waals surface area contributed by atoms with Crippen LogP contribution in [0.2, 0.25) is 0 Å². The van der Waals surface area contributed by atoms with Crippen molar-refractivity contribution in [3.05, 3.63) is 58.6 Å². The summed E-state index contributed by atoms with van der Waals surface area (Å²) in [6.07, 6.45) is 1.67. The first-order valence-corrected chi connectivity index (χ1v) is 8.96. The molecule has 0 aliphatic heterocycles. The van der Waals surface area contributed by atoms with Crippen LogP contribution in [0.4, 0.5) is 5.69 Å². The minimum atomic E-state index is -0.321. The number of hydrazone groups is 1. The molecule has 2 amide bonds. The number of hydrogen-bond acceptors (Lipinski definition) is 4. The summed E-state index contributed by atoms with van der Waals surface area (Å²) in [4.78, 5) is 23.6. The molecule has 0 aliphatic rings. The van der Waals surface area contributed by atoms with Crippen LogP contribution >= 0.6 is 15.9 Å². The van der Waals surface area contributed by atoms with Crippen LogP contribution in [-0.4, -0.2) is 24.6 Å². The number of rotatable bonds is 8. The summed E-state index contributed by atoms with van der Waals surface area (Å²) >= 11 is 3.36. The first kappa shape index (κ1) is 19.7. The molecule has 0 bridgehead atoms. The fourth-order valence-corrected chi connectivity index (χ4v) is 2.49. The van der Waals surface area contributed by atoms with E-state index in [0.29, 0.717) is 12.3 Å². The smallest absolute Gasteiger partial charge is 0.240 e. The number of nitrogens with one attached hydrogen (secondary N) is 2. The maximum atomic E-state index is 11.9. The van der Waals surface area contributed by atoms with Crippen molar-refractivity contribution in [2.24, 2.45) is 5.10 Å². The van der Waals surface area contributed by atoms with Crippen LogP contribution in [0.3, 0.4) is 0 Å². The zero-order valence-corrected chi connectivity index (χ0v) is 16.0. The minimum Gasteiger partial charge on any atom is -0.494 e. The number of ether oxygens (including phenoxy) is 1. The standard InChI is InChI=1S/C19H20BrN3O3/c1-2-26-17-8-6-16(7-9-17)22-18(24)10-11-19(25)23-21-13-14-4-3-5-15(20)12-14/h3-9,12-13H,2,10-11H2,1H3,(H,22,24)(H,23,25)/b21-13-. The monoisotopic (exact) mass is 417 g/mol. The lowest BCUT2D eigenvalue weighted by molar-refractivity contribution is -0.124. The van der Waals surface area contributed by atoms with Crippen LogP contribution in [0.25, 0.3) is 0 Å². The Bertz CT molecular complexity index is 776. The topological polar surface area (TPSA) is 79.8 Å². The average Bonchev–Trinajstić information content (AvgIpc) is 2.62. The Morgan fingerprint density at radius 1 is 1.12 bits per heavy atom. The van der Waals surface area contributed by atoms with E-state index < -0.39 is 0 Å². The number of anilines is 1. The van der Waals surface area contributed by atoms with E-state index in [-0.39, 0.29) is 24.7 Å². The van der Waals surface area contributed by atoms with Gasteiger partial charge in [-0.15, -0.1) is 0 Å². The lowest BCUT2D eigenvalue weighted by Gasteiger charge is -2.07. The molecule has 0 saturated heterocycles. The van der Waals surface area contributed by atoms with Gasteiger partial charge in [0, 0.05) is 23.0 Å². The van der Waals surface area contributed by atoms with E-state index in [9.17, 15) is 9.59 Å². The van der Waals surface area contributed by atoms with Crippen LogP contribution in [-0.2, 0) is 9.59 Å². The first-order chi connectivity index (χ1) is 12.6. The molecule has 2 rings (SSSR count). The maximum Gasteiger partial charge on any atom is 0.240 e. The maximum absolute atomic E-state index is 11.9. The number of nitrogens with zero attached hydrogens (tertiary/aromatic N) is 1. The van der Waals surface area contributed by atoms with Gasteiger partial charge in [0.25, 0.3) is 0 Å². The Hall–Kier alpha value is -2.67. The second kappa shape index (κ2) is 10.4. The van der Waals surface area contributed by atoms with E-state index >= 15 is 0 Å². The number of benzene rings is 2. The van der Waals surface area contributed by atoms with Gasteiger partial charge in [-0.05, 0) is 48.9 Å². The molecule has 6 nitrogen and oxygen atoms in total. The van der Waals surface area contributed by atoms with E-state index in [1.807, 2.05) is 31.2 Å². The quantitative estimate of drug-likeness (QED) is 0.507. The Morgan fingerprint density at radius 2 is 1.85 bits per heavy atom. The number of amides is 2. The highest BCUT2D eigenvalue weighted by atomic mass is 79.9. The van der Waals surface area contributed by atoms with Crippen molar-refractivity contribution in [1.82, 2.24) is 5.43 Å². The number of carbonyl (C=O) groups excluding carboxylic acids is 2. The highest BCUT2D eigenvalue weighted by Crippen LogP contribution is 2.15. The number of carbonyl (C=O) groups is 2. The zero-order valence-electron chi connectivity index (χ0n) is 14.4. The molecule has 0 radical (unpaired) electrons. The van der Waals surface area contributed by atoms with Crippen molar-refractivity contribution in [2.75, 3.05) is 11.9 Å². The SMILES string of the molecule is CCOc1ccc(NC(=O)CCC(=O)N/N=C\c2cccc(Br)c2)cc1. The molecule has 0 aliphatic carbocycles. The third-order valence-electron chi connectivity index (χ3n) is 3.28. The van der Waals surface area contributed by atoms with Gasteiger partial charge >= 0.3 is 0 Å². The molecule has 2 aromatic rings. The molecule has 0 atom stereocenters. The highest BCUT2D eigenvalue weighted by Gasteiger charge is 2.07. The molecule has 26 heavy (non-hydrogen) atoms. The fraction of sp³-hybridized carbons (Fsp3) is 0.211. The van der Waals surface area contributed by atoms with Gasteiger partial charge < -0.3 is 10.1 Å². The van der Waals surface area contributed by atoms with E-state index in [4.69, 9.17) is 4.74 Å². The Kier molecular flexibility index (Phi) is 7.82. The molecule has 0 saturated carbocycles. The molecule has 0 aromatic heterocycles. The van der Waals surface area contributed by atoms with Crippen LogP contribution in [0.15, 0.2) is 58.1 Å². The van der Waals surface area contributed by atoms with Crippen LogP contribution in [0, 0.1) is 0 Å². The predicted octanol–water partition coefficient (Wildman–Crippen LogP) is 3.72. The van der Waals surface area contributed by atoms with Crippen LogP contribution in [0.1, 0.15) is 25.3 Å². The summed E-state index contributed by atoms with van der Waals surface area (Å²) in [5.41, 5.74) is 3.92. The van der Waals surface area contributed by atoms with Crippen molar-refractivity contribution in [2.45, 2.75) is 19.8 Å². The van der Waals surface area contributed by atoms with E-state index in [1.54, 1.807) is 30.5 Å². The fourth-order valence-electron chi connectivity index (χ4n) is 2.07. The van der Waals surface area contributed by atoms with E-state index in [2.05, 4.69) is 31.8 Å². The molecular weight excluding hydrogens is 398 g/mol. The summed E-state index contributed by atoms with van der Waals surface area (Å²) in [5.74, 6) is 0.187. The van der Waals surface area contributed by atoms with E-state index in [0.717, 1.165) is 15.8 Å². The van der Waals surface area contributed by atoms with Gasteiger partial charge in [-0.25, -0.2) is 5.43 Å². The third kappa shape index (κ3) is 7.06. The Balaban J connectivity index is 1.71. The first-order valence-electron chi connectivity index (χ1n) is 8.17. The average molecular weight is 418 g/mol. The summed E-state index contributed by atoms with van der Waals surface area (Å²) in [6, 6.07) is 14.6. The van der Waals surface area contributed by atoms with Gasteiger partial charge in [-0.2, -0.15) is 5.10 Å². The van der Waals surface area contributed by atoms with Gasteiger partial charge in [-0.1, -0.05) is 28.1 Å². The Morgan fingerprint density at radius 3 is 2.54 bits per heavy atom. The predicted molar refractivity (Wildman–Crippen MR) is 105 cm³/mol. The minimum absolute atomic E-state index is 0.0543. The third-order valence-corrected chi connectivity index (χ3v) is 3.77. The molecule has 2 aromatic carbocycles. The molecule has 0 heterocycles. The Labute approximate surface area is 160 Å². The zero-order chi connectivity index (χ0) is 18.8. The van der Waals surface area contributed by atoms with Gasteiger partial charge in [0.1, 0.15) is 5.75 Å². The lowest BCUT2D eigenvalue weighted by atomic mass is 10.2.